The second kappa shape index (κ2) is 8.07. The lowest BCUT2D eigenvalue weighted by Crippen LogP contribution is -2.51. The van der Waals surface area contributed by atoms with Crippen LogP contribution < -0.4 is 5.73 Å². The van der Waals surface area contributed by atoms with Crippen molar-refractivity contribution in [3.63, 3.8) is 0 Å². The average molecular weight is 345 g/mol. The molecular weight excluding hydrogens is 324 g/mol. The molecule has 8 nitrogen and oxygen atoms in total. The molecule has 0 saturated carbocycles. The summed E-state index contributed by atoms with van der Waals surface area (Å²) >= 11 is 0. The van der Waals surface area contributed by atoms with Crippen LogP contribution in [0.25, 0.3) is 0 Å². The molecule has 0 spiro atoms. The second-order valence-corrected chi connectivity index (χ2v) is 5.35. The fourth-order valence-electron chi connectivity index (χ4n) is 2.78. The monoisotopic (exact) mass is 344 g/mol. The van der Waals surface area contributed by atoms with Crippen LogP contribution in [0.4, 0.5) is 4.79 Å². The second-order valence-electron chi connectivity index (χ2n) is 5.35. The number of halogens is 1. The van der Waals surface area contributed by atoms with Crippen molar-refractivity contribution in [2.45, 2.75) is 25.3 Å². The van der Waals surface area contributed by atoms with E-state index in [1.54, 1.807) is 4.90 Å². The third-order valence-electron chi connectivity index (χ3n) is 3.96. The molecule has 2 saturated heterocycles. The lowest BCUT2D eigenvalue weighted by atomic mass is 10.0. The van der Waals surface area contributed by atoms with E-state index in [0.717, 1.165) is 24.2 Å². The van der Waals surface area contributed by atoms with E-state index in [4.69, 9.17) is 5.73 Å². The number of imide groups is 2. The highest BCUT2D eigenvalue weighted by Crippen LogP contribution is 2.18. The molecule has 23 heavy (non-hydrogen) atoms. The maximum Gasteiger partial charge on any atom is 0.335 e. The van der Waals surface area contributed by atoms with Gasteiger partial charge in [-0.25, -0.2) is 9.69 Å². The van der Waals surface area contributed by atoms with Gasteiger partial charge >= 0.3 is 17.8 Å². The average Bonchev–Trinajstić information content (AvgIpc) is 2.73. The summed E-state index contributed by atoms with van der Waals surface area (Å²) in [6.45, 7) is 3.86. The van der Waals surface area contributed by atoms with Crippen molar-refractivity contribution >= 4 is 36.2 Å². The molecule has 0 bridgehead atoms. The van der Waals surface area contributed by atoms with Gasteiger partial charge in [0.1, 0.15) is 6.54 Å². The summed E-state index contributed by atoms with van der Waals surface area (Å²) in [5.74, 6) is -2.25. The highest BCUT2D eigenvalue weighted by Gasteiger charge is 2.45. The summed E-state index contributed by atoms with van der Waals surface area (Å²) in [6.07, 6.45) is 4.03. The van der Waals surface area contributed by atoms with Crippen LogP contribution in [-0.4, -0.2) is 70.7 Å². The predicted octanol–water partition coefficient (Wildman–Crippen LogP) is -0.275. The quantitative estimate of drug-likeness (QED) is 0.420. The van der Waals surface area contributed by atoms with Crippen LogP contribution in [0.5, 0.6) is 0 Å². The van der Waals surface area contributed by atoms with E-state index in [0.29, 0.717) is 18.0 Å². The van der Waals surface area contributed by atoms with Gasteiger partial charge in [0.2, 0.25) is 5.91 Å². The van der Waals surface area contributed by atoms with Crippen LogP contribution in [0.1, 0.15) is 19.3 Å². The van der Waals surface area contributed by atoms with E-state index in [-0.39, 0.29) is 30.9 Å². The Kier molecular flexibility index (Phi) is 6.71. The van der Waals surface area contributed by atoms with E-state index in [1.165, 1.54) is 6.08 Å². The number of likely N-dealkylation sites (tertiary alicyclic amines) is 1. The van der Waals surface area contributed by atoms with Gasteiger partial charge in [-0.15, -0.1) is 19.0 Å². The number of rotatable bonds is 5. The molecular formula is C14H21ClN4O4. The number of carbonyl (C=O) groups excluding carboxylic acids is 4. The first-order valence-electron chi connectivity index (χ1n) is 7.29. The summed E-state index contributed by atoms with van der Waals surface area (Å²) in [6, 6.07) is -0.849. The number of carbonyl (C=O) groups is 4. The SMILES string of the molecule is C=CCN1C(=O)C(=O)N(CC(=O)N2CCCCC2CN)C1=O.Cl. The Morgan fingerprint density at radius 3 is 2.48 bits per heavy atom. The first-order chi connectivity index (χ1) is 10.5. The molecule has 5 amide bonds. The molecule has 1 unspecified atom stereocenters. The number of urea groups is 1. The molecule has 2 fully saturated rings. The molecule has 0 aliphatic carbocycles. The number of amides is 5. The third kappa shape index (κ3) is 3.70. The van der Waals surface area contributed by atoms with Gasteiger partial charge in [-0.05, 0) is 19.3 Å². The maximum atomic E-state index is 12.4. The zero-order chi connectivity index (χ0) is 16.3. The first-order valence-corrected chi connectivity index (χ1v) is 7.29. The standard InChI is InChI=1S/C14H20N4O4.ClH/c1-2-6-17-12(20)13(21)18(14(17)22)9-11(19)16-7-4-3-5-10(16)8-15;/h2,10H,1,3-9,15H2;1H. The van der Waals surface area contributed by atoms with Gasteiger partial charge in [-0.2, -0.15) is 0 Å². The molecule has 9 heteroatoms. The van der Waals surface area contributed by atoms with Gasteiger partial charge in [0.25, 0.3) is 0 Å². The minimum absolute atomic E-state index is 0. The van der Waals surface area contributed by atoms with Crippen LogP contribution in [0.2, 0.25) is 0 Å². The van der Waals surface area contributed by atoms with Gasteiger partial charge in [0.05, 0.1) is 0 Å². The van der Waals surface area contributed by atoms with Crippen molar-refractivity contribution in [3.05, 3.63) is 12.7 Å². The van der Waals surface area contributed by atoms with E-state index >= 15 is 0 Å². The smallest absolute Gasteiger partial charge is 0.335 e. The zero-order valence-corrected chi connectivity index (χ0v) is 13.6. The lowest BCUT2D eigenvalue weighted by Gasteiger charge is -2.35. The summed E-state index contributed by atoms with van der Waals surface area (Å²) in [7, 11) is 0. The Bertz CT molecular complexity index is 525. The van der Waals surface area contributed by atoms with E-state index in [2.05, 4.69) is 6.58 Å². The highest BCUT2D eigenvalue weighted by molar-refractivity contribution is 6.45. The molecule has 2 aliphatic heterocycles. The van der Waals surface area contributed by atoms with E-state index < -0.39 is 24.4 Å². The van der Waals surface area contributed by atoms with Crippen molar-refractivity contribution in [2.24, 2.45) is 5.73 Å². The Hall–Kier alpha value is -1.93. The molecule has 2 N–H and O–H groups in total. The van der Waals surface area contributed by atoms with Gasteiger partial charge in [0.15, 0.2) is 0 Å². The maximum absolute atomic E-state index is 12.4. The zero-order valence-electron chi connectivity index (χ0n) is 12.8. The normalized spacial score (nSPS) is 21.5. The molecule has 0 aromatic heterocycles. The molecule has 2 heterocycles. The number of nitrogens with zero attached hydrogens (tertiary/aromatic N) is 3. The van der Waals surface area contributed by atoms with Crippen molar-refractivity contribution in [3.8, 4) is 0 Å². The van der Waals surface area contributed by atoms with Gasteiger partial charge in [0, 0.05) is 25.7 Å². The van der Waals surface area contributed by atoms with E-state index in [1.807, 2.05) is 0 Å². The molecule has 2 aliphatic rings. The van der Waals surface area contributed by atoms with Gasteiger partial charge < -0.3 is 10.6 Å². The summed E-state index contributed by atoms with van der Waals surface area (Å²) < 4.78 is 0. The molecule has 0 radical (unpaired) electrons. The van der Waals surface area contributed by atoms with Crippen molar-refractivity contribution in [1.82, 2.24) is 14.7 Å². The highest BCUT2D eigenvalue weighted by atomic mass is 35.5. The minimum Gasteiger partial charge on any atom is -0.337 e. The summed E-state index contributed by atoms with van der Waals surface area (Å²) in [5, 5.41) is 0. The molecule has 2 rings (SSSR count). The summed E-state index contributed by atoms with van der Waals surface area (Å²) in [4.78, 5) is 51.1. The Morgan fingerprint density at radius 2 is 1.87 bits per heavy atom. The Balaban J connectivity index is 0.00000264. The van der Waals surface area contributed by atoms with Crippen molar-refractivity contribution in [2.75, 3.05) is 26.2 Å². The third-order valence-corrected chi connectivity index (χ3v) is 3.96. The number of hydrogen-bond acceptors (Lipinski definition) is 5. The molecule has 1 atom stereocenters. The molecule has 0 aromatic carbocycles. The van der Waals surface area contributed by atoms with Crippen LogP contribution in [0.15, 0.2) is 12.7 Å². The van der Waals surface area contributed by atoms with Gasteiger partial charge in [-0.1, -0.05) is 6.08 Å². The van der Waals surface area contributed by atoms with Crippen LogP contribution in [0, 0.1) is 0 Å². The van der Waals surface area contributed by atoms with Crippen molar-refractivity contribution < 1.29 is 19.2 Å². The van der Waals surface area contributed by atoms with Crippen LogP contribution in [0.3, 0.4) is 0 Å². The van der Waals surface area contributed by atoms with Crippen molar-refractivity contribution in [1.29, 1.82) is 0 Å². The largest absolute Gasteiger partial charge is 0.337 e. The molecule has 0 aromatic rings. The predicted molar refractivity (Wildman–Crippen MR) is 84.7 cm³/mol. The number of hydrogen-bond donors (Lipinski definition) is 1. The Labute approximate surface area is 140 Å². The van der Waals surface area contributed by atoms with Crippen LogP contribution >= 0.6 is 12.4 Å². The van der Waals surface area contributed by atoms with Gasteiger partial charge in [-0.3, -0.25) is 19.3 Å². The topological polar surface area (TPSA) is 104 Å². The summed E-state index contributed by atoms with van der Waals surface area (Å²) in [5.41, 5.74) is 5.66. The van der Waals surface area contributed by atoms with Crippen LogP contribution in [-0.2, 0) is 14.4 Å². The minimum atomic E-state index is -0.971. The Morgan fingerprint density at radius 1 is 1.22 bits per heavy atom. The first kappa shape index (κ1) is 19.1. The van der Waals surface area contributed by atoms with E-state index in [9.17, 15) is 19.2 Å². The number of piperidine rings is 1. The fraction of sp³-hybridized carbons (Fsp3) is 0.571. The fourth-order valence-corrected chi connectivity index (χ4v) is 2.78. The molecule has 128 valence electrons. The lowest BCUT2D eigenvalue weighted by molar-refractivity contribution is -0.145. The number of nitrogens with two attached hydrogens (primary N) is 1.